The van der Waals surface area contributed by atoms with Gasteiger partial charge in [0.1, 0.15) is 24.4 Å². The van der Waals surface area contributed by atoms with Crippen LogP contribution in [0.5, 0.6) is 0 Å². The van der Waals surface area contributed by atoms with Crippen LogP contribution in [0.1, 0.15) is 22.3 Å². The molecule has 4 atom stereocenters. The van der Waals surface area contributed by atoms with E-state index in [2.05, 4.69) is 5.92 Å². The predicted octanol–water partition coefficient (Wildman–Crippen LogP) is 5.95. The van der Waals surface area contributed by atoms with Crippen molar-refractivity contribution in [1.82, 2.24) is 0 Å². The number of rotatable bonds is 16. The molecule has 0 bridgehead atoms. The maximum atomic E-state index is 11.0. The van der Waals surface area contributed by atoms with Crippen molar-refractivity contribution in [3.05, 3.63) is 144 Å². The fourth-order valence-corrected chi connectivity index (χ4v) is 4.29. The molecule has 0 heterocycles. The molecule has 1 N–H and O–H groups in total. The number of hydrogen-bond acceptors (Lipinski definition) is 5. The van der Waals surface area contributed by atoms with E-state index in [4.69, 9.17) is 25.4 Å². The Morgan fingerprint density at radius 3 is 1.32 bits per heavy atom. The van der Waals surface area contributed by atoms with Crippen molar-refractivity contribution in [2.45, 2.75) is 50.8 Å². The van der Waals surface area contributed by atoms with Crippen LogP contribution in [0.25, 0.3) is 0 Å². The molecule has 0 saturated carbocycles. The van der Waals surface area contributed by atoms with E-state index in [-0.39, 0.29) is 19.8 Å². The first-order chi connectivity index (χ1) is 19.7. The standard InChI is InChI=1S/C35H36O5/c1-2-32(36)34(39-25-30-19-11-5-12-20-30)35(40-26-31-21-13-6-14-22-31)33(38-24-29-17-9-4-10-18-29)27-37-23-28-15-7-3-8-16-28/h1,3-22,32-36H,23-27H2/t32-,33+,34+,35+/m0/s1. The van der Waals surface area contributed by atoms with Gasteiger partial charge in [0, 0.05) is 0 Å². The van der Waals surface area contributed by atoms with E-state index in [1.165, 1.54) is 0 Å². The van der Waals surface area contributed by atoms with Crippen LogP contribution in [0.4, 0.5) is 0 Å². The van der Waals surface area contributed by atoms with Gasteiger partial charge in [-0.3, -0.25) is 0 Å². The van der Waals surface area contributed by atoms with Crippen molar-refractivity contribution in [2.24, 2.45) is 0 Å². The third-order valence-corrected chi connectivity index (χ3v) is 6.44. The minimum absolute atomic E-state index is 0.212. The second kappa shape index (κ2) is 16.4. The predicted molar refractivity (Wildman–Crippen MR) is 156 cm³/mol. The Kier molecular flexibility index (Phi) is 12.0. The Labute approximate surface area is 237 Å². The Bertz CT molecular complexity index is 1260. The zero-order valence-electron chi connectivity index (χ0n) is 22.5. The number of aliphatic hydroxyl groups is 1. The first-order valence-corrected chi connectivity index (χ1v) is 13.5. The fourth-order valence-electron chi connectivity index (χ4n) is 4.29. The van der Waals surface area contributed by atoms with E-state index in [9.17, 15) is 5.11 Å². The summed E-state index contributed by atoms with van der Waals surface area (Å²) in [5.74, 6) is 2.44. The topological polar surface area (TPSA) is 57.2 Å². The van der Waals surface area contributed by atoms with Crippen LogP contribution in [0, 0.1) is 12.3 Å². The minimum Gasteiger partial charge on any atom is -0.378 e. The van der Waals surface area contributed by atoms with Gasteiger partial charge in [0.2, 0.25) is 0 Å². The molecule has 4 aromatic rings. The van der Waals surface area contributed by atoms with Crippen LogP contribution in [0.2, 0.25) is 0 Å². The number of ether oxygens (including phenoxy) is 4. The summed E-state index contributed by atoms with van der Waals surface area (Å²) in [5.41, 5.74) is 4.00. The minimum atomic E-state index is -1.22. The molecule has 0 aliphatic carbocycles. The van der Waals surface area contributed by atoms with Crippen LogP contribution in [0.3, 0.4) is 0 Å². The van der Waals surface area contributed by atoms with E-state index >= 15 is 0 Å². The number of terminal acetylenes is 1. The van der Waals surface area contributed by atoms with Crippen LogP contribution < -0.4 is 0 Å². The largest absolute Gasteiger partial charge is 0.378 e. The molecule has 40 heavy (non-hydrogen) atoms. The van der Waals surface area contributed by atoms with Gasteiger partial charge in [0.25, 0.3) is 0 Å². The van der Waals surface area contributed by atoms with E-state index in [0.29, 0.717) is 13.2 Å². The van der Waals surface area contributed by atoms with Crippen LogP contribution in [-0.4, -0.2) is 36.1 Å². The Morgan fingerprint density at radius 1 is 0.525 bits per heavy atom. The second-order valence-corrected chi connectivity index (χ2v) is 9.47. The monoisotopic (exact) mass is 536 g/mol. The molecule has 5 nitrogen and oxygen atoms in total. The number of hydrogen-bond donors (Lipinski definition) is 1. The van der Waals surface area contributed by atoms with Gasteiger partial charge in [-0.05, 0) is 22.3 Å². The zero-order chi connectivity index (χ0) is 27.8. The molecule has 0 fully saturated rings. The molecule has 0 unspecified atom stereocenters. The summed E-state index contributed by atoms with van der Waals surface area (Å²) in [7, 11) is 0. The Morgan fingerprint density at radius 2 is 0.900 bits per heavy atom. The molecule has 0 aromatic heterocycles. The normalized spacial score (nSPS) is 14.1. The van der Waals surface area contributed by atoms with Crippen molar-refractivity contribution in [1.29, 1.82) is 0 Å². The highest BCUT2D eigenvalue weighted by molar-refractivity contribution is 5.16. The summed E-state index contributed by atoms with van der Waals surface area (Å²) in [6.45, 7) is 1.50. The van der Waals surface area contributed by atoms with E-state index in [0.717, 1.165) is 22.3 Å². The van der Waals surface area contributed by atoms with Crippen LogP contribution in [-0.2, 0) is 45.4 Å². The first-order valence-electron chi connectivity index (χ1n) is 13.5. The maximum absolute atomic E-state index is 11.0. The summed E-state index contributed by atoms with van der Waals surface area (Å²) < 4.78 is 25.3. The van der Waals surface area contributed by atoms with Crippen molar-refractivity contribution >= 4 is 0 Å². The molecule has 0 radical (unpaired) electrons. The lowest BCUT2D eigenvalue weighted by Gasteiger charge is -2.34. The van der Waals surface area contributed by atoms with Gasteiger partial charge >= 0.3 is 0 Å². The molecule has 4 rings (SSSR count). The summed E-state index contributed by atoms with van der Waals surface area (Å²) in [5, 5.41) is 11.0. The smallest absolute Gasteiger partial charge is 0.143 e. The summed E-state index contributed by atoms with van der Waals surface area (Å²) in [6, 6.07) is 39.5. The van der Waals surface area contributed by atoms with Crippen molar-refractivity contribution in [3.8, 4) is 12.3 Å². The SMILES string of the molecule is C#C[C@H](O)[C@@H](OCc1ccccc1)[C@H](OCc1ccccc1)[C@@H](COCc1ccccc1)OCc1ccccc1. The molecule has 0 amide bonds. The average Bonchev–Trinajstić information content (AvgIpc) is 3.02. The molecular formula is C35H36O5. The lowest BCUT2D eigenvalue weighted by Crippen LogP contribution is -2.50. The quantitative estimate of drug-likeness (QED) is 0.179. The molecule has 0 aliphatic heterocycles. The maximum Gasteiger partial charge on any atom is 0.143 e. The van der Waals surface area contributed by atoms with Crippen molar-refractivity contribution < 1.29 is 24.1 Å². The molecule has 0 spiro atoms. The third-order valence-electron chi connectivity index (χ3n) is 6.44. The summed E-state index contributed by atoms with van der Waals surface area (Å²) in [4.78, 5) is 0. The summed E-state index contributed by atoms with van der Waals surface area (Å²) >= 11 is 0. The highest BCUT2D eigenvalue weighted by atomic mass is 16.6. The molecule has 5 heteroatoms. The van der Waals surface area contributed by atoms with E-state index < -0.39 is 24.4 Å². The zero-order valence-corrected chi connectivity index (χ0v) is 22.5. The Hall–Kier alpha value is -3.76. The fraction of sp³-hybridized carbons (Fsp3) is 0.257. The highest BCUT2D eigenvalue weighted by Crippen LogP contribution is 2.22. The molecule has 206 valence electrons. The van der Waals surface area contributed by atoms with Gasteiger partial charge < -0.3 is 24.1 Å². The molecule has 0 saturated heterocycles. The van der Waals surface area contributed by atoms with Crippen LogP contribution >= 0.6 is 0 Å². The third kappa shape index (κ3) is 9.46. The van der Waals surface area contributed by atoms with Gasteiger partial charge in [-0.15, -0.1) is 6.42 Å². The van der Waals surface area contributed by atoms with E-state index in [1.54, 1.807) is 0 Å². The first kappa shape index (κ1) is 29.2. The van der Waals surface area contributed by atoms with Crippen molar-refractivity contribution in [2.75, 3.05) is 6.61 Å². The lowest BCUT2D eigenvalue weighted by molar-refractivity contribution is -0.184. The summed E-state index contributed by atoms with van der Waals surface area (Å²) in [6.07, 6.45) is 2.32. The molecule has 0 aliphatic rings. The number of aliphatic hydroxyl groups excluding tert-OH is 1. The van der Waals surface area contributed by atoms with Gasteiger partial charge in [0.15, 0.2) is 0 Å². The highest BCUT2D eigenvalue weighted by Gasteiger charge is 2.37. The molecular weight excluding hydrogens is 500 g/mol. The van der Waals surface area contributed by atoms with Crippen molar-refractivity contribution in [3.63, 3.8) is 0 Å². The lowest BCUT2D eigenvalue weighted by atomic mass is 10.0. The number of benzene rings is 4. The van der Waals surface area contributed by atoms with E-state index in [1.807, 2.05) is 121 Å². The van der Waals surface area contributed by atoms with Gasteiger partial charge in [-0.1, -0.05) is 127 Å². The second-order valence-electron chi connectivity index (χ2n) is 9.47. The van der Waals surface area contributed by atoms with Gasteiger partial charge in [-0.25, -0.2) is 0 Å². The Balaban J connectivity index is 1.58. The van der Waals surface area contributed by atoms with Crippen LogP contribution in [0.15, 0.2) is 121 Å². The molecule has 4 aromatic carbocycles. The average molecular weight is 537 g/mol. The van der Waals surface area contributed by atoms with Gasteiger partial charge in [0.05, 0.1) is 33.0 Å². The van der Waals surface area contributed by atoms with Gasteiger partial charge in [-0.2, -0.15) is 0 Å².